The van der Waals surface area contributed by atoms with Gasteiger partial charge in [0, 0.05) is 5.39 Å². The Balaban J connectivity index is 1.68. The maximum Gasteiger partial charge on any atom is 0.248 e. The Morgan fingerprint density at radius 1 is 1.04 bits per heavy atom. The van der Waals surface area contributed by atoms with Crippen molar-refractivity contribution in [3.05, 3.63) is 78.4 Å². The van der Waals surface area contributed by atoms with Gasteiger partial charge in [-0.2, -0.15) is 0 Å². The van der Waals surface area contributed by atoms with E-state index in [0.29, 0.717) is 22.3 Å². The third-order valence-electron chi connectivity index (χ3n) is 4.14. The lowest BCUT2D eigenvalue weighted by atomic mass is 9.98. The second kappa shape index (κ2) is 7.72. The SMILES string of the molecule is Nc1ccccc1NC(=O)/C=C/C[C@H](O)c1ccc(O)c2ccccc12. The smallest absolute Gasteiger partial charge is 0.248 e. The van der Waals surface area contributed by atoms with E-state index in [4.69, 9.17) is 5.73 Å². The van der Waals surface area contributed by atoms with Crippen molar-refractivity contribution in [1.82, 2.24) is 0 Å². The lowest BCUT2D eigenvalue weighted by molar-refractivity contribution is -0.111. The summed E-state index contributed by atoms with van der Waals surface area (Å²) in [5, 5.41) is 24.6. The van der Waals surface area contributed by atoms with Crippen molar-refractivity contribution >= 4 is 28.1 Å². The van der Waals surface area contributed by atoms with Crippen LogP contribution >= 0.6 is 0 Å². The molecule has 0 aliphatic carbocycles. The number of carbonyl (C=O) groups is 1. The molecule has 0 aliphatic rings. The first-order valence-corrected chi connectivity index (χ1v) is 8.27. The summed E-state index contributed by atoms with van der Waals surface area (Å²) in [6.07, 6.45) is 2.47. The summed E-state index contributed by atoms with van der Waals surface area (Å²) >= 11 is 0. The number of benzene rings is 3. The molecule has 0 saturated carbocycles. The zero-order chi connectivity index (χ0) is 18.5. The molecule has 1 amide bonds. The van der Waals surface area contributed by atoms with Crippen LogP contribution in [0.2, 0.25) is 0 Å². The summed E-state index contributed by atoms with van der Waals surface area (Å²) in [5.74, 6) is -0.141. The number of rotatable bonds is 5. The van der Waals surface area contributed by atoms with Gasteiger partial charge in [0.2, 0.25) is 5.91 Å². The Bertz CT molecular complexity index is 966. The highest BCUT2D eigenvalue weighted by atomic mass is 16.3. The number of aromatic hydroxyl groups is 1. The van der Waals surface area contributed by atoms with Gasteiger partial charge in [-0.25, -0.2) is 0 Å². The Hall–Kier alpha value is -3.31. The molecule has 3 aromatic rings. The fourth-order valence-corrected chi connectivity index (χ4v) is 2.81. The van der Waals surface area contributed by atoms with E-state index in [1.165, 1.54) is 6.08 Å². The maximum atomic E-state index is 12.0. The molecule has 3 aromatic carbocycles. The molecule has 0 spiro atoms. The van der Waals surface area contributed by atoms with Gasteiger partial charge in [0.1, 0.15) is 5.75 Å². The second-order valence-electron chi connectivity index (χ2n) is 5.95. The van der Waals surface area contributed by atoms with Crippen LogP contribution in [0.25, 0.3) is 10.8 Å². The van der Waals surface area contributed by atoms with Gasteiger partial charge in [0.25, 0.3) is 0 Å². The highest BCUT2D eigenvalue weighted by Gasteiger charge is 2.12. The number of carbonyl (C=O) groups excluding carboxylic acids is 1. The predicted molar refractivity (Wildman–Crippen MR) is 104 cm³/mol. The summed E-state index contributed by atoms with van der Waals surface area (Å²) in [4.78, 5) is 12.0. The minimum Gasteiger partial charge on any atom is -0.507 e. The number of fused-ring (bicyclic) bond motifs is 1. The van der Waals surface area contributed by atoms with Crippen LogP contribution in [0.3, 0.4) is 0 Å². The Morgan fingerprint density at radius 2 is 1.73 bits per heavy atom. The molecule has 26 heavy (non-hydrogen) atoms. The molecule has 132 valence electrons. The van der Waals surface area contributed by atoms with E-state index >= 15 is 0 Å². The van der Waals surface area contributed by atoms with E-state index in [9.17, 15) is 15.0 Å². The number of aliphatic hydroxyl groups is 1. The largest absolute Gasteiger partial charge is 0.507 e. The van der Waals surface area contributed by atoms with Crippen LogP contribution < -0.4 is 11.1 Å². The van der Waals surface area contributed by atoms with Crippen molar-refractivity contribution in [2.75, 3.05) is 11.1 Å². The number of phenolic OH excluding ortho intramolecular Hbond substituents is 1. The van der Waals surface area contributed by atoms with Crippen molar-refractivity contribution < 1.29 is 15.0 Å². The molecule has 0 fully saturated rings. The van der Waals surface area contributed by atoms with Crippen molar-refractivity contribution in [2.45, 2.75) is 12.5 Å². The standard InChI is InChI=1S/C21H20N2O3/c22-17-8-3-4-9-18(17)23-21(26)11-5-10-19(24)16-12-13-20(25)15-7-2-1-6-14(15)16/h1-9,11-13,19,24-25H,10,22H2,(H,23,26)/b11-5+/t19-/m0/s1. The molecule has 5 heteroatoms. The third-order valence-corrected chi connectivity index (χ3v) is 4.14. The molecule has 3 rings (SSSR count). The topological polar surface area (TPSA) is 95.6 Å². The number of para-hydroxylation sites is 2. The number of amides is 1. The number of phenols is 1. The van der Waals surface area contributed by atoms with Crippen LogP contribution in [0.1, 0.15) is 18.1 Å². The molecular weight excluding hydrogens is 328 g/mol. The molecule has 0 bridgehead atoms. The monoisotopic (exact) mass is 348 g/mol. The number of aliphatic hydroxyl groups excluding tert-OH is 1. The van der Waals surface area contributed by atoms with E-state index < -0.39 is 6.10 Å². The Morgan fingerprint density at radius 3 is 2.50 bits per heavy atom. The van der Waals surface area contributed by atoms with Crippen LogP contribution in [0.15, 0.2) is 72.8 Å². The minimum absolute atomic E-state index is 0.173. The highest BCUT2D eigenvalue weighted by molar-refractivity contribution is 6.01. The van der Waals surface area contributed by atoms with Crippen LogP contribution in [0.5, 0.6) is 5.75 Å². The van der Waals surface area contributed by atoms with E-state index in [2.05, 4.69) is 5.32 Å². The van der Waals surface area contributed by atoms with Crippen molar-refractivity contribution in [3.63, 3.8) is 0 Å². The Kier molecular flexibility index (Phi) is 5.20. The minimum atomic E-state index is -0.786. The number of nitrogen functional groups attached to an aromatic ring is 1. The summed E-state index contributed by atoms with van der Waals surface area (Å²) in [7, 11) is 0. The quantitative estimate of drug-likeness (QED) is 0.417. The molecule has 0 unspecified atom stereocenters. The zero-order valence-corrected chi connectivity index (χ0v) is 14.1. The molecule has 0 saturated heterocycles. The summed E-state index contributed by atoms with van der Waals surface area (Å²) in [6, 6.07) is 17.6. The van der Waals surface area contributed by atoms with Gasteiger partial charge in [-0.15, -0.1) is 0 Å². The first kappa shape index (κ1) is 17.5. The first-order valence-electron chi connectivity index (χ1n) is 8.27. The lowest BCUT2D eigenvalue weighted by Crippen LogP contribution is -2.09. The van der Waals surface area contributed by atoms with Crippen LogP contribution in [-0.2, 0) is 4.79 Å². The number of hydrogen-bond acceptors (Lipinski definition) is 4. The summed E-state index contributed by atoms with van der Waals surface area (Å²) in [6.45, 7) is 0. The van der Waals surface area contributed by atoms with E-state index in [1.807, 2.05) is 18.2 Å². The first-order chi connectivity index (χ1) is 12.6. The summed E-state index contributed by atoms with van der Waals surface area (Å²) in [5.41, 5.74) is 7.53. The second-order valence-corrected chi connectivity index (χ2v) is 5.95. The average Bonchev–Trinajstić information content (AvgIpc) is 2.64. The number of anilines is 2. The molecule has 5 nitrogen and oxygen atoms in total. The van der Waals surface area contributed by atoms with Gasteiger partial charge in [-0.05, 0) is 41.6 Å². The molecule has 0 aromatic heterocycles. The van der Waals surface area contributed by atoms with Gasteiger partial charge in [-0.3, -0.25) is 4.79 Å². The highest BCUT2D eigenvalue weighted by Crippen LogP contribution is 2.32. The van der Waals surface area contributed by atoms with Gasteiger partial charge in [0.15, 0.2) is 0 Å². The molecular formula is C21H20N2O3. The van der Waals surface area contributed by atoms with Crippen molar-refractivity contribution in [2.24, 2.45) is 0 Å². The van der Waals surface area contributed by atoms with Crippen molar-refractivity contribution in [1.29, 1.82) is 0 Å². The van der Waals surface area contributed by atoms with Crippen LogP contribution in [-0.4, -0.2) is 16.1 Å². The molecule has 0 radical (unpaired) electrons. The number of nitrogens with one attached hydrogen (secondary N) is 1. The third kappa shape index (κ3) is 3.84. The molecule has 5 N–H and O–H groups in total. The predicted octanol–water partition coefficient (Wildman–Crippen LogP) is 3.75. The summed E-state index contributed by atoms with van der Waals surface area (Å²) < 4.78 is 0. The van der Waals surface area contributed by atoms with Gasteiger partial charge in [-0.1, -0.05) is 48.5 Å². The van der Waals surface area contributed by atoms with E-state index in [1.54, 1.807) is 48.5 Å². The number of nitrogens with two attached hydrogens (primary N) is 1. The fraction of sp³-hybridized carbons (Fsp3) is 0.0952. The van der Waals surface area contributed by atoms with E-state index in [-0.39, 0.29) is 18.1 Å². The van der Waals surface area contributed by atoms with Gasteiger partial charge in [0.05, 0.1) is 17.5 Å². The van der Waals surface area contributed by atoms with Crippen molar-refractivity contribution in [3.8, 4) is 5.75 Å². The molecule has 0 heterocycles. The maximum absolute atomic E-state index is 12.0. The normalized spacial score (nSPS) is 12.3. The van der Waals surface area contributed by atoms with Gasteiger partial charge < -0.3 is 21.3 Å². The van der Waals surface area contributed by atoms with E-state index in [0.717, 1.165) is 5.39 Å². The lowest BCUT2D eigenvalue weighted by Gasteiger charge is -2.13. The number of hydrogen-bond donors (Lipinski definition) is 4. The van der Waals surface area contributed by atoms with Crippen LogP contribution in [0, 0.1) is 0 Å². The van der Waals surface area contributed by atoms with Gasteiger partial charge >= 0.3 is 0 Å². The zero-order valence-electron chi connectivity index (χ0n) is 14.1. The van der Waals surface area contributed by atoms with Crippen LogP contribution in [0.4, 0.5) is 11.4 Å². The Labute approximate surface area is 151 Å². The molecule has 0 aliphatic heterocycles. The average molecular weight is 348 g/mol. The fourth-order valence-electron chi connectivity index (χ4n) is 2.81. The molecule has 1 atom stereocenters.